The van der Waals surface area contributed by atoms with Gasteiger partial charge in [-0.2, -0.15) is 4.98 Å². The fourth-order valence-corrected chi connectivity index (χ4v) is 1.82. The summed E-state index contributed by atoms with van der Waals surface area (Å²) >= 11 is 0. The van der Waals surface area contributed by atoms with Crippen LogP contribution in [0.15, 0.2) is 4.52 Å². The molecule has 15 heavy (non-hydrogen) atoms. The fourth-order valence-electron chi connectivity index (χ4n) is 1.82. The first-order chi connectivity index (χ1) is 7.25. The van der Waals surface area contributed by atoms with Crippen molar-refractivity contribution in [3.63, 3.8) is 0 Å². The van der Waals surface area contributed by atoms with Crippen LogP contribution in [0.4, 0.5) is 0 Å². The number of nitrogens with one attached hydrogen (secondary N) is 1. The second-order valence-electron chi connectivity index (χ2n) is 4.29. The molecule has 0 amide bonds. The van der Waals surface area contributed by atoms with E-state index in [2.05, 4.69) is 15.5 Å². The summed E-state index contributed by atoms with van der Waals surface area (Å²) in [4.78, 5) is 6.42. The molecule has 0 spiro atoms. The van der Waals surface area contributed by atoms with Gasteiger partial charge in [-0.15, -0.1) is 0 Å². The lowest BCUT2D eigenvalue weighted by atomic mass is 10.1. The summed E-state index contributed by atoms with van der Waals surface area (Å²) in [6, 6.07) is 0.266. The van der Waals surface area contributed by atoms with Crippen LogP contribution in [-0.2, 0) is 6.54 Å². The van der Waals surface area contributed by atoms with E-state index in [1.807, 2.05) is 19.0 Å². The SMILES string of the molecule is CN(C)Cc1noc([C@H]2CCCCN2)n1. The van der Waals surface area contributed by atoms with E-state index in [-0.39, 0.29) is 6.04 Å². The van der Waals surface area contributed by atoms with Crippen LogP contribution < -0.4 is 5.32 Å². The molecule has 0 unspecified atom stereocenters. The molecule has 0 saturated carbocycles. The van der Waals surface area contributed by atoms with Crippen LogP contribution in [0.2, 0.25) is 0 Å². The number of aromatic nitrogens is 2. The van der Waals surface area contributed by atoms with E-state index in [0.29, 0.717) is 0 Å². The van der Waals surface area contributed by atoms with Gasteiger partial charge in [-0.05, 0) is 33.5 Å². The minimum absolute atomic E-state index is 0.266. The van der Waals surface area contributed by atoms with Crippen molar-refractivity contribution in [2.75, 3.05) is 20.6 Å². The van der Waals surface area contributed by atoms with E-state index in [1.54, 1.807) is 0 Å². The molecule has 2 rings (SSSR count). The Balaban J connectivity index is 1.99. The molecular formula is C10H18N4O. The summed E-state index contributed by atoms with van der Waals surface area (Å²) in [6.45, 7) is 1.78. The summed E-state index contributed by atoms with van der Waals surface area (Å²) in [7, 11) is 3.99. The second kappa shape index (κ2) is 4.72. The topological polar surface area (TPSA) is 54.2 Å². The van der Waals surface area contributed by atoms with Crippen LogP contribution in [-0.4, -0.2) is 35.7 Å². The zero-order valence-corrected chi connectivity index (χ0v) is 9.36. The number of hydrogen-bond donors (Lipinski definition) is 1. The maximum atomic E-state index is 5.25. The Bertz CT molecular complexity index is 304. The van der Waals surface area contributed by atoms with Crippen molar-refractivity contribution in [2.45, 2.75) is 31.8 Å². The molecular weight excluding hydrogens is 192 g/mol. The smallest absolute Gasteiger partial charge is 0.243 e. The van der Waals surface area contributed by atoms with Gasteiger partial charge in [0.2, 0.25) is 5.89 Å². The van der Waals surface area contributed by atoms with E-state index in [9.17, 15) is 0 Å². The first-order valence-electron chi connectivity index (χ1n) is 5.46. The van der Waals surface area contributed by atoms with Crippen LogP contribution >= 0.6 is 0 Å². The van der Waals surface area contributed by atoms with Gasteiger partial charge in [0.05, 0.1) is 12.6 Å². The fraction of sp³-hybridized carbons (Fsp3) is 0.800. The van der Waals surface area contributed by atoms with E-state index < -0.39 is 0 Å². The first-order valence-corrected chi connectivity index (χ1v) is 5.46. The second-order valence-corrected chi connectivity index (χ2v) is 4.29. The Morgan fingerprint density at radius 3 is 3.00 bits per heavy atom. The third-order valence-corrected chi connectivity index (χ3v) is 2.55. The Morgan fingerprint density at radius 2 is 2.33 bits per heavy atom. The van der Waals surface area contributed by atoms with Gasteiger partial charge in [0, 0.05) is 0 Å². The molecule has 2 heterocycles. The predicted molar refractivity (Wildman–Crippen MR) is 56.3 cm³/mol. The summed E-state index contributed by atoms with van der Waals surface area (Å²) in [5.74, 6) is 1.51. The minimum Gasteiger partial charge on any atom is -0.338 e. The van der Waals surface area contributed by atoms with Crippen molar-refractivity contribution in [1.29, 1.82) is 0 Å². The molecule has 1 aromatic heterocycles. The molecule has 1 fully saturated rings. The Labute approximate surface area is 89.8 Å². The number of rotatable bonds is 3. The number of piperidine rings is 1. The number of nitrogens with zero attached hydrogens (tertiary/aromatic N) is 3. The molecule has 5 nitrogen and oxygen atoms in total. The highest BCUT2D eigenvalue weighted by molar-refractivity contribution is 4.94. The normalized spacial score (nSPS) is 22.2. The molecule has 5 heteroatoms. The molecule has 1 aliphatic rings. The van der Waals surface area contributed by atoms with Crippen LogP contribution in [0.25, 0.3) is 0 Å². The standard InChI is InChI=1S/C10H18N4O/c1-14(2)7-9-12-10(15-13-9)8-5-3-4-6-11-8/h8,11H,3-7H2,1-2H3/t8-/m1/s1. The molecule has 84 valence electrons. The van der Waals surface area contributed by atoms with Crippen molar-refractivity contribution < 1.29 is 4.52 Å². The predicted octanol–water partition coefficient (Wildman–Crippen LogP) is 0.946. The van der Waals surface area contributed by atoms with Crippen LogP contribution in [0, 0.1) is 0 Å². The van der Waals surface area contributed by atoms with Crippen LogP contribution in [0.1, 0.15) is 37.0 Å². The first kappa shape index (κ1) is 10.6. The van der Waals surface area contributed by atoms with E-state index in [1.165, 1.54) is 12.8 Å². The van der Waals surface area contributed by atoms with Crippen molar-refractivity contribution in [3.05, 3.63) is 11.7 Å². The summed E-state index contributed by atoms with van der Waals surface area (Å²) in [6.07, 6.45) is 3.59. The summed E-state index contributed by atoms with van der Waals surface area (Å²) in [5.41, 5.74) is 0. The van der Waals surface area contributed by atoms with Crippen LogP contribution in [0.5, 0.6) is 0 Å². The Hall–Kier alpha value is -0.940. The molecule has 0 bridgehead atoms. The van der Waals surface area contributed by atoms with Crippen molar-refractivity contribution in [3.8, 4) is 0 Å². The molecule has 1 N–H and O–H groups in total. The monoisotopic (exact) mass is 210 g/mol. The average Bonchev–Trinajstić information content (AvgIpc) is 2.67. The molecule has 1 aromatic rings. The van der Waals surface area contributed by atoms with Crippen molar-refractivity contribution in [1.82, 2.24) is 20.4 Å². The van der Waals surface area contributed by atoms with Gasteiger partial charge in [-0.1, -0.05) is 11.6 Å². The maximum Gasteiger partial charge on any atom is 0.243 e. The van der Waals surface area contributed by atoms with E-state index in [4.69, 9.17) is 4.52 Å². The third-order valence-electron chi connectivity index (χ3n) is 2.55. The van der Waals surface area contributed by atoms with Crippen molar-refractivity contribution in [2.24, 2.45) is 0 Å². The summed E-state index contributed by atoms with van der Waals surface area (Å²) < 4.78 is 5.25. The molecule has 0 radical (unpaired) electrons. The zero-order chi connectivity index (χ0) is 10.7. The lowest BCUT2D eigenvalue weighted by Gasteiger charge is -2.19. The van der Waals surface area contributed by atoms with E-state index >= 15 is 0 Å². The van der Waals surface area contributed by atoms with Gasteiger partial charge in [-0.3, -0.25) is 0 Å². The van der Waals surface area contributed by atoms with Gasteiger partial charge >= 0.3 is 0 Å². The highest BCUT2D eigenvalue weighted by Crippen LogP contribution is 2.21. The third kappa shape index (κ3) is 2.76. The molecule has 0 aromatic carbocycles. The van der Waals surface area contributed by atoms with Gasteiger partial charge < -0.3 is 14.7 Å². The van der Waals surface area contributed by atoms with Gasteiger partial charge in [-0.25, -0.2) is 0 Å². The lowest BCUT2D eigenvalue weighted by Crippen LogP contribution is -2.27. The minimum atomic E-state index is 0.266. The Morgan fingerprint density at radius 1 is 1.47 bits per heavy atom. The number of hydrogen-bond acceptors (Lipinski definition) is 5. The molecule has 1 atom stereocenters. The largest absolute Gasteiger partial charge is 0.338 e. The quantitative estimate of drug-likeness (QED) is 0.805. The molecule has 1 aliphatic heterocycles. The highest BCUT2D eigenvalue weighted by atomic mass is 16.5. The molecule has 1 saturated heterocycles. The van der Waals surface area contributed by atoms with Gasteiger partial charge in [0.1, 0.15) is 0 Å². The Kier molecular flexibility index (Phi) is 3.33. The maximum absolute atomic E-state index is 5.25. The zero-order valence-electron chi connectivity index (χ0n) is 9.36. The average molecular weight is 210 g/mol. The van der Waals surface area contributed by atoms with E-state index in [0.717, 1.165) is 31.2 Å². The van der Waals surface area contributed by atoms with Crippen LogP contribution in [0.3, 0.4) is 0 Å². The lowest BCUT2D eigenvalue weighted by molar-refractivity contribution is 0.293. The van der Waals surface area contributed by atoms with Gasteiger partial charge in [0.25, 0.3) is 0 Å². The van der Waals surface area contributed by atoms with Crippen molar-refractivity contribution >= 4 is 0 Å². The molecule has 0 aliphatic carbocycles. The highest BCUT2D eigenvalue weighted by Gasteiger charge is 2.20. The summed E-state index contributed by atoms with van der Waals surface area (Å²) in [5, 5.41) is 7.36. The van der Waals surface area contributed by atoms with Gasteiger partial charge in [0.15, 0.2) is 5.82 Å².